The van der Waals surface area contributed by atoms with E-state index in [0.717, 1.165) is 0 Å². The molecular formula is C10H9ClF4O2S. The van der Waals surface area contributed by atoms with Crippen molar-refractivity contribution in [2.75, 3.05) is 5.88 Å². The minimum atomic E-state index is -4.72. The van der Waals surface area contributed by atoms with Crippen LogP contribution < -0.4 is 0 Å². The molecule has 1 aromatic rings. The zero-order valence-electron chi connectivity index (χ0n) is 9.13. The molecule has 102 valence electrons. The Balaban J connectivity index is 3.31. The van der Waals surface area contributed by atoms with E-state index in [0.29, 0.717) is 12.1 Å². The van der Waals surface area contributed by atoms with E-state index in [1.54, 1.807) is 0 Å². The lowest BCUT2D eigenvalue weighted by Gasteiger charge is -2.12. The van der Waals surface area contributed by atoms with Gasteiger partial charge in [-0.15, -0.1) is 11.6 Å². The molecule has 1 atom stereocenters. The molecule has 1 unspecified atom stereocenters. The molecule has 0 aliphatic carbocycles. The molecule has 0 N–H and O–H groups in total. The van der Waals surface area contributed by atoms with Crippen LogP contribution in [0.4, 0.5) is 17.6 Å². The van der Waals surface area contributed by atoms with E-state index in [4.69, 9.17) is 11.6 Å². The highest BCUT2D eigenvalue weighted by Crippen LogP contribution is 2.31. The minimum absolute atomic E-state index is 0.161. The molecular weight excluding hydrogens is 296 g/mol. The number of hydrogen-bond donors (Lipinski definition) is 0. The fourth-order valence-electron chi connectivity index (χ4n) is 1.21. The average Bonchev–Trinajstić information content (AvgIpc) is 2.26. The quantitative estimate of drug-likeness (QED) is 0.634. The van der Waals surface area contributed by atoms with Gasteiger partial charge in [-0.05, 0) is 25.1 Å². The lowest BCUT2D eigenvalue weighted by atomic mass is 10.2. The SMILES string of the molecule is CC(CCl)S(=O)(=O)c1ccc(C(F)(F)F)cc1F. The summed E-state index contributed by atoms with van der Waals surface area (Å²) >= 11 is 5.36. The second-order valence-electron chi connectivity index (χ2n) is 3.65. The summed E-state index contributed by atoms with van der Waals surface area (Å²) in [5.74, 6) is -1.70. The molecule has 2 nitrogen and oxygen atoms in total. The van der Waals surface area contributed by atoms with Gasteiger partial charge in [0, 0.05) is 5.88 Å². The van der Waals surface area contributed by atoms with Crippen LogP contribution in [0.25, 0.3) is 0 Å². The van der Waals surface area contributed by atoms with Crippen molar-refractivity contribution >= 4 is 21.4 Å². The molecule has 0 saturated heterocycles. The van der Waals surface area contributed by atoms with Gasteiger partial charge in [0.2, 0.25) is 0 Å². The van der Waals surface area contributed by atoms with E-state index in [2.05, 4.69) is 0 Å². The Morgan fingerprint density at radius 3 is 2.28 bits per heavy atom. The first-order valence-electron chi connectivity index (χ1n) is 4.77. The predicted molar refractivity (Wildman–Crippen MR) is 58.8 cm³/mol. The molecule has 0 radical (unpaired) electrons. The van der Waals surface area contributed by atoms with Crippen LogP contribution >= 0.6 is 11.6 Å². The summed E-state index contributed by atoms with van der Waals surface area (Å²) in [7, 11) is -4.06. The van der Waals surface area contributed by atoms with Crippen LogP contribution in [0.2, 0.25) is 0 Å². The summed E-state index contributed by atoms with van der Waals surface area (Å²) < 4.78 is 73.8. The van der Waals surface area contributed by atoms with Gasteiger partial charge in [0.1, 0.15) is 10.7 Å². The van der Waals surface area contributed by atoms with Crippen LogP contribution in [0.5, 0.6) is 0 Å². The third kappa shape index (κ3) is 2.95. The fourth-order valence-corrected chi connectivity index (χ4v) is 2.89. The highest BCUT2D eigenvalue weighted by molar-refractivity contribution is 7.92. The first-order chi connectivity index (χ1) is 8.10. The second-order valence-corrected chi connectivity index (χ2v) is 6.30. The lowest BCUT2D eigenvalue weighted by Crippen LogP contribution is -2.21. The molecule has 0 fully saturated rings. The molecule has 0 saturated carbocycles. The number of sulfone groups is 1. The maximum Gasteiger partial charge on any atom is 0.416 e. The standard InChI is InChI=1S/C10H9ClF4O2S/c1-6(5-11)18(16,17)9-3-2-7(4-8(9)12)10(13,14)15/h2-4,6H,5H2,1H3. The molecule has 1 rings (SSSR count). The number of halogens is 5. The summed E-state index contributed by atoms with van der Waals surface area (Å²) in [5.41, 5.74) is -1.24. The molecule has 0 spiro atoms. The van der Waals surface area contributed by atoms with Crippen molar-refractivity contribution in [3.05, 3.63) is 29.6 Å². The second kappa shape index (κ2) is 5.05. The zero-order valence-corrected chi connectivity index (χ0v) is 10.7. The number of rotatable bonds is 3. The van der Waals surface area contributed by atoms with Crippen LogP contribution in [-0.4, -0.2) is 19.5 Å². The lowest BCUT2D eigenvalue weighted by molar-refractivity contribution is -0.137. The van der Waals surface area contributed by atoms with Gasteiger partial charge in [-0.2, -0.15) is 13.2 Å². The molecule has 0 aliphatic rings. The van der Waals surface area contributed by atoms with E-state index in [1.165, 1.54) is 6.92 Å². The Labute approximate surface area is 106 Å². The largest absolute Gasteiger partial charge is 0.416 e. The van der Waals surface area contributed by atoms with Gasteiger partial charge in [0.05, 0.1) is 10.8 Å². The van der Waals surface area contributed by atoms with E-state index in [1.807, 2.05) is 0 Å². The van der Waals surface area contributed by atoms with Gasteiger partial charge >= 0.3 is 6.18 Å². The Bertz CT molecular complexity index is 539. The molecule has 0 amide bonds. The van der Waals surface area contributed by atoms with Crippen LogP contribution in [0, 0.1) is 5.82 Å². The summed E-state index contributed by atoms with van der Waals surface area (Å²) in [6.07, 6.45) is -4.72. The third-order valence-electron chi connectivity index (χ3n) is 2.31. The Morgan fingerprint density at radius 2 is 1.89 bits per heavy atom. The maximum atomic E-state index is 13.5. The maximum absolute atomic E-state index is 13.5. The van der Waals surface area contributed by atoms with Gasteiger partial charge in [-0.25, -0.2) is 12.8 Å². The van der Waals surface area contributed by atoms with E-state index in [9.17, 15) is 26.0 Å². The number of hydrogen-bond acceptors (Lipinski definition) is 2. The third-order valence-corrected chi connectivity index (χ3v) is 5.13. The summed E-state index contributed by atoms with van der Waals surface area (Å²) in [4.78, 5) is -0.774. The fraction of sp³-hybridized carbons (Fsp3) is 0.400. The van der Waals surface area contributed by atoms with Crippen LogP contribution in [-0.2, 0) is 16.0 Å². The molecule has 18 heavy (non-hydrogen) atoms. The van der Waals surface area contributed by atoms with Gasteiger partial charge in [0.15, 0.2) is 9.84 Å². The topological polar surface area (TPSA) is 34.1 Å². The monoisotopic (exact) mass is 304 g/mol. The molecule has 0 aliphatic heterocycles. The van der Waals surface area contributed by atoms with Crippen LogP contribution in [0.3, 0.4) is 0 Å². The van der Waals surface area contributed by atoms with Crippen molar-refractivity contribution in [3.8, 4) is 0 Å². The van der Waals surface area contributed by atoms with Gasteiger partial charge in [-0.1, -0.05) is 0 Å². The van der Waals surface area contributed by atoms with Gasteiger partial charge in [-0.3, -0.25) is 0 Å². The van der Waals surface area contributed by atoms with E-state index < -0.39 is 37.5 Å². The average molecular weight is 305 g/mol. The molecule has 0 heterocycles. The van der Waals surface area contributed by atoms with Gasteiger partial charge < -0.3 is 0 Å². The van der Waals surface area contributed by atoms with E-state index in [-0.39, 0.29) is 11.9 Å². The number of alkyl halides is 4. The van der Waals surface area contributed by atoms with Crippen LogP contribution in [0.15, 0.2) is 23.1 Å². The summed E-state index contributed by atoms with van der Waals surface area (Å²) in [6.45, 7) is 1.25. The summed E-state index contributed by atoms with van der Waals surface area (Å²) in [5, 5.41) is -1.08. The van der Waals surface area contributed by atoms with Gasteiger partial charge in [0.25, 0.3) is 0 Å². The highest BCUT2D eigenvalue weighted by atomic mass is 35.5. The Morgan fingerprint density at radius 1 is 1.33 bits per heavy atom. The highest BCUT2D eigenvalue weighted by Gasteiger charge is 2.33. The first-order valence-corrected chi connectivity index (χ1v) is 6.85. The number of benzene rings is 1. The van der Waals surface area contributed by atoms with Crippen molar-refractivity contribution < 1.29 is 26.0 Å². The summed E-state index contributed by atoms with van der Waals surface area (Å²) in [6, 6.07) is 1.29. The molecule has 1 aromatic carbocycles. The van der Waals surface area contributed by atoms with Crippen molar-refractivity contribution in [1.29, 1.82) is 0 Å². The molecule has 0 aromatic heterocycles. The van der Waals surface area contributed by atoms with Crippen LogP contribution in [0.1, 0.15) is 12.5 Å². The smallest absolute Gasteiger partial charge is 0.223 e. The van der Waals surface area contributed by atoms with Crippen molar-refractivity contribution in [3.63, 3.8) is 0 Å². The zero-order chi connectivity index (χ0) is 14.1. The first kappa shape index (κ1) is 15.2. The normalized spacial score (nSPS) is 14.6. The minimum Gasteiger partial charge on any atom is -0.223 e. The molecule has 8 heteroatoms. The molecule has 0 bridgehead atoms. The van der Waals surface area contributed by atoms with Crippen molar-refractivity contribution in [2.45, 2.75) is 23.2 Å². The predicted octanol–water partition coefficient (Wildman–Crippen LogP) is 3.25. The Hall–Kier alpha value is -0.820. The van der Waals surface area contributed by atoms with Crippen molar-refractivity contribution in [1.82, 2.24) is 0 Å². The van der Waals surface area contributed by atoms with Crippen molar-refractivity contribution in [2.24, 2.45) is 0 Å². The Kier molecular flexibility index (Phi) is 4.27. The van der Waals surface area contributed by atoms with E-state index >= 15 is 0 Å².